The van der Waals surface area contributed by atoms with Crippen LogP contribution in [0.15, 0.2) is 377 Å². The number of nitrogens with zero attached hydrogens (tertiary/aromatic N) is 2. The fraction of sp³-hybridized carbons (Fsp3) is 0.0600. The molecule has 0 saturated heterocycles. The van der Waals surface area contributed by atoms with Gasteiger partial charge in [-0.1, -0.05) is 303 Å². The predicted octanol–water partition coefficient (Wildman–Crippen LogP) is 25.7. The number of anilines is 6. The van der Waals surface area contributed by atoms with E-state index in [1.807, 2.05) is 12.2 Å². The van der Waals surface area contributed by atoms with Crippen molar-refractivity contribution < 1.29 is 9.47 Å². The van der Waals surface area contributed by atoms with Gasteiger partial charge in [-0.05, 0) is 222 Å². The fourth-order valence-electron chi connectivity index (χ4n) is 15.9. The third kappa shape index (κ3) is 11.7. The van der Waals surface area contributed by atoms with Crippen LogP contribution in [0.5, 0.6) is 11.5 Å². The maximum atomic E-state index is 6.44. The predicted molar refractivity (Wildman–Crippen MR) is 432 cm³/mol. The maximum Gasteiger partial charge on any atom is 0.119 e. The number of ether oxygens (including phenoxy) is 2. The summed E-state index contributed by atoms with van der Waals surface area (Å²) in [6, 6.07) is 133. The van der Waals surface area contributed by atoms with Crippen molar-refractivity contribution in [3.05, 3.63) is 455 Å². The molecule has 4 heteroatoms. The lowest BCUT2D eigenvalue weighted by Crippen LogP contribution is -2.28. The van der Waals surface area contributed by atoms with Gasteiger partial charge in [0.25, 0.3) is 0 Å². The SMILES string of the molecule is C=Cc1ccc(COc2ccc(C3(c4ccc(C)cc4)c4ccccc4-c4ccc(N(c5ccccc5)c5ccc(-c6ccc(-c7ccc(N(c8ccccc8)c8ccc9c(c8)C(c8ccc(C)cc8)(c8ccc(OCc%10ccc(C=C)cc%10)cc8)c8ccccc8-9)cc7)cc6)cc5)cc43)cc2)cc1. The van der Waals surface area contributed by atoms with Crippen molar-refractivity contribution in [2.75, 3.05) is 9.80 Å². The number of rotatable bonds is 20. The van der Waals surface area contributed by atoms with Crippen molar-refractivity contribution in [3.63, 3.8) is 0 Å². The molecule has 2 aliphatic rings. The van der Waals surface area contributed by atoms with E-state index < -0.39 is 10.8 Å². The Labute approximate surface area is 610 Å². The summed E-state index contributed by atoms with van der Waals surface area (Å²) in [5.74, 6) is 1.64. The lowest BCUT2D eigenvalue weighted by molar-refractivity contribution is 0.306. The quantitative estimate of drug-likeness (QED) is 0.0759. The van der Waals surface area contributed by atoms with E-state index in [0.717, 1.165) is 90.1 Å². The van der Waals surface area contributed by atoms with Gasteiger partial charge < -0.3 is 19.3 Å². The molecular formula is C100H76N2O2. The number of para-hydroxylation sites is 2. The number of benzene rings is 15. The monoisotopic (exact) mass is 1340 g/mol. The van der Waals surface area contributed by atoms with E-state index in [9.17, 15) is 0 Å². The van der Waals surface area contributed by atoms with Gasteiger partial charge in [-0.25, -0.2) is 0 Å². The van der Waals surface area contributed by atoms with Crippen LogP contribution in [0.4, 0.5) is 34.1 Å². The number of hydrogen-bond acceptors (Lipinski definition) is 4. The fourth-order valence-corrected chi connectivity index (χ4v) is 15.9. The molecular weight excluding hydrogens is 1260 g/mol. The van der Waals surface area contributed by atoms with Crippen molar-refractivity contribution in [2.24, 2.45) is 0 Å². The molecule has 0 aromatic heterocycles. The molecule has 0 amide bonds. The Hall–Kier alpha value is -13.0. The van der Waals surface area contributed by atoms with Crippen LogP contribution >= 0.6 is 0 Å². The summed E-state index contributed by atoms with van der Waals surface area (Å²) in [6.07, 6.45) is 3.73. The number of hydrogen-bond donors (Lipinski definition) is 0. The van der Waals surface area contributed by atoms with Crippen molar-refractivity contribution in [1.29, 1.82) is 0 Å². The Morgan fingerprint density at radius 1 is 0.269 bits per heavy atom. The van der Waals surface area contributed by atoms with Crippen LogP contribution in [0.25, 0.3) is 56.7 Å². The molecule has 0 saturated carbocycles. The second-order valence-corrected chi connectivity index (χ2v) is 27.3. The summed E-state index contributed by atoms with van der Waals surface area (Å²) in [5.41, 5.74) is 31.2. The van der Waals surface area contributed by atoms with E-state index in [-0.39, 0.29) is 0 Å². The minimum absolute atomic E-state index is 0.472. The van der Waals surface area contributed by atoms with Gasteiger partial charge in [-0.15, -0.1) is 0 Å². The Bertz CT molecular complexity index is 5250. The van der Waals surface area contributed by atoms with Crippen molar-refractivity contribution in [3.8, 4) is 56.0 Å². The first kappa shape index (κ1) is 64.4. The molecule has 17 rings (SSSR count). The minimum atomic E-state index is -0.626. The number of fused-ring (bicyclic) bond motifs is 6. The van der Waals surface area contributed by atoms with E-state index in [2.05, 4.69) is 401 Å². The van der Waals surface area contributed by atoms with Crippen LogP contribution in [0, 0.1) is 13.8 Å². The van der Waals surface area contributed by atoms with Crippen LogP contribution in [-0.4, -0.2) is 0 Å². The molecule has 0 heterocycles. The highest BCUT2D eigenvalue weighted by atomic mass is 16.5. The Morgan fingerprint density at radius 2 is 0.558 bits per heavy atom. The normalized spacial score (nSPS) is 14.5. The highest BCUT2D eigenvalue weighted by Crippen LogP contribution is 2.60. The van der Waals surface area contributed by atoms with E-state index in [0.29, 0.717) is 13.2 Å². The van der Waals surface area contributed by atoms with E-state index >= 15 is 0 Å². The van der Waals surface area contributed by atoms with Crippen molar-refractivity contribution >= 4 is 46.3 Å². The van der Waals surface area contributed by atoms with Crippen LogP contribution in [0.2, 0.25) is 0 Å². The Morgan fingerprint density at radius 3 is 0.904 bits per heavy atom. The first-order valence-corrected chi connectivity index (χ1v) is 35.8. The van der Waals surface area contributed by atoms with E-state index in [1.54, 1.807) is 0 Å². The summed E-state index contributed by atoms with van der Waals surface area (Å²) < 4.78 is 12.9. The molecule has 0 spiro atoms. The number of aryl methyl sites for hydroxylation is 2. The summed E-state index contributed by atoms with van der Waals surface area (Å²) in [5, 5.41) is 0. The second kappa shape index (κ2) is 27.5. The van der Waals surface area contributed by atoms with Gasteiger partial charge in [-0.3, -0.25) is 0 Å². The maximum absolute atomic E-state index is 6.44. The third-order valence-corrected chi connectivity index (χ3v) is 21.2. The first-order valence-electron chi connectivity index (χ1n) is 35.8. The molecule has 4 nitrogen and oxygen atoms in total. The molecule has 104 heavy (non-hydrogen) atoms. The van der Waals surface area contributed by atoms with Crippen molar-refractivity contribution in [1.82, 2.24) is 0 Å². The van der Waals surface area contributed by atoms with Crippen LogP contribution in [0.1, 0.15) is 77.9 Å². The van der Waals surface area contributed by atoms with Gasteiger partial charge in [0.2, 0.25) is 0 Å². The molecule has 15 aromatic carbocycles. The van der Waals surface area contributed by atoms with Crippen LogP contribution in [-0.2, 0) is 24.0 Å². The van der Waals surface area contributed by atoms with Gasteiger partial charge in [-0.2, -0.15) is 0 Å². The van der Waals surface area contributed by atoms with Gasteiger partial charge in [0.15, 0.2) is 0 Å². The topological polar surface area (TPSA) is 24.9 Å². The molecule has 2 atom stereocenters. The van der Waals surface area contributed by atoms with E-state index in [4.69, 9.17) is 9.47 Å². The molecule has 498 valence electrons. The smallest absolute Gasteiger partial charge is 0.119 e. The van der Waals surface area contributed by atoms with Gasteiger partial charge in [0, 0.05) is 34.1 Å². The molecule has 0 aliphatic heterocycles. The summed E-state index contributed by atoms with van der Waals surface area (Å²) >= 11 is 0. The largest absolute Gasteiger partial charge is 0.489 e. The molecule has 2 unspecified atom stereocenters. The Balaban J connectivity index is 0.671. The third-order valence-electron chi connectivity index (χ3n) is 21.2. The molecule has 0 radical (unpaired) electrons. The highest BCUT2D eigenvalue weighted by Gasteiger charge is 2.48. The Kier molecular flexibility index (Phi) is 17.0. The average Bonchev–Trinajstić information content (AvgIpc) is 1.56. The lowest BCUT2D eigenvalue weighted by atomic mass is 9.67. The zero-order chi connectivity index (χ0) is 70.1. The minimum Gasteiger partial charge on any atom is -0.489 e. The summed E-state index contributed by atoms with van der Waals surface area (Å²) in [6.45, 7) is 13.1. The molecule has 2 aliphatic carbocycles. The zero-order valence-corrected chi connectivity index (χ0v) is 58.3. The van der Waals surface area contributed by atoms with Gasteiger partial charge >= 0.3 is 0 Å². The lowest BCUT2D eigenvalue weighted by Gasteiger charge is -2.35. The average molecular weight is 1340 g/mol. The first-order chi connectivity index (χ1) is 51.2. The molecule has 0 fully saturated rings. The van der Waals surface area contributed by atoms with Crippen LogP contribution in [0.3, 0.4) is 0 Å². The summed E-state index contributed by atoms with van der Waals surface area (Å²) in [7, 11) is 0. The highest BCUT2D eigenvalue weighted by molar-refractivity contribution is 5.92. The molecule has 15 aromatic rings. The van der Waals surface area contributed by atoms with E-state index in [1.165, 1.54) is 77.9 Å². The molecule has 0 N–H and O–H groups in total. The van der Waals surface area contributed by atoms with Gasteiger partial charge in [0.05, 0.1) is 10.8 Å². The standard InChI is InChI=1S/C100H76N2O2/c1-5-71-29-33-73(34-30-71)67-103-89-59-49-81(50-60-89)99(79-45-25-69(3)26-46-79)95-23-15-13-21-91(95)93-63-57-87(65-97(93)99)101(83-17-9-7-10-18-83)85-53-41-77(42-54-85)75-37-39-76(40-38-75)78-43-55-86(56-44-78)102(84-19-11-8-12-20-84)88-58-64-94-92-22-14-16-24-96(92)100(98(94)66-88,80-47-27-70(4)28-48-80)82-51-61-90(62-52-82)104-68-74-35-31-72(6-2)32-36-74/h5-66H,1-2,67-68H2,3-4H3. The van der Waals surface area contributed by atoms with Gasteiger partial charge in [0.1, 0.15) is 24.7 Å². The molecule has 0 bridgehead atoms. The second-order valence-electron chi connectivity index (χ2n) is 27.3. The summed E-state index contributed by atoms with van der Waals surface area (Å²) in [4.78, 5) is 4.78. The zero-order valence-electron chi connectivity index (χ0n) is 58.3. The van der Waals surface area contributed by atoms with Crippen LogP contribution < -0.4 is 19.3 Å². The van der Waals surface area contributed by atoms with Crippen molar-refractivity contribution in [2.45, 2.75) is 37.9 Å².